The fourth-order valence-electron chi connectivity index (χ4n) is 2.21. The zero-order valence-electron chi connectivity index (χ0n) is 11.8. The molecule has 0 aromatic heterocycles. The Morgan fingerprint density at radius 2 is 1.70 bits per heavy atom. The van der Waals surface area contributed by atoms with Gasteiger partial charge < -0.3 is 10.6 Å². The van der Waals surface area contributed by atoms with Gasteiger partial charge in [0, 0.05) is 17.6 Å². The molecule has 0 aliphatic heterocycles. The third-order valence-electron chi connectivity index (χ3n) is 3.42. The Hall–Kier alpha value is -1.35. The van der Waals surface area contributed by atoms with Crippen LogP contribution in [0, 0.1) is 0 Å². The van der Waals surface area contributed by atoms with Gasteiger partial charge >= 0.3 is 0 Å². The Bertz CT molecular complexity index is 510. The topological polar surface area (TPSA) is 29.3 Å². The molecule has 3 heteroatoms. The van der Waals surface area contributed by atoms with E-state index in [0.29, 0.717) is 0 Å². The third kappa shape index (κ3) is 4.64. The highest BCUT2D eigenvalue weighted by atomic mass is 35.5. The van der Waals surface area contributed by atoms with Crippen LogP contribution in [0.25, 0.3) is 0 Å². The Morgan fingerprint density at radius 1 is 1.05 bits per heavy atom. The Morgan fingerprint density at radius 3 is 2.35 bits per heavy atom. The molecule has 0 aliphatic carbocycles. The third-order valence-corrected chi connectivity index (χ3v) is 3.67. The van der Waals surface area contributed by atoms with Gasteiger partial charge in [-0.2, -0.15) is 0 Å². The number of hydrogen-bond donors (Lipinski definition) is 1. The first kappa shape index (κ1) is 15.0. The molecular weight excluding hydrogens is 268 g/mol. The van der Waals surface area contributed by atoms with Gasteiger partial charge in [0.2, 0.25) is 0 Å². The van der Waals surface area contributed by atoms with Crippen molar-refractivity contribution in [1.82, 2.24) is 4.90 Å². The zero-order valence-corrected chi connectivity index (χ0v) is 12.6. The van der Waals surface area contributed by atoms with Crippen LogP contribution in [-0.2, 0) is 6.54 Å². The van der Waals surface area contributed by atoms with Crippen molar-refractivity contribution in [3.63, 3.8) is 0 Å². The highest BCUT2D eigenvalue weighted by Crippen LogP contribution is 2.15. The van der Waals surface area contributed by atoms with Gasteiger partial charge in [-0.3, -0.25) is 0 Å². The summed E-state index contributed by atoms with van der Waals surface area (Å²) < 4.78 is 0. The van der Waals surface area contributed by atoms with Crippen LogP contribution in [0.15, 0.2) is 54.6 Å². The van der Waals surface area contributed by atoms with Crippen LogP contribution < -0.4 is 5.73 Å². The average molecular weight is 289 g/mol. The number of benzene rings is 2. The zero-order chi connectivity index (χ0) is 14.4. The van der Waals surface area contributed by atoms with Crippen molar-refractivity contribution in [1.29, 1.82) is 0 Å². The molecule has 0 saturated heterocycles. The van der Waals surface area contributed by atoms with Crippen molar-refractivity contribution >= 4 is 11.6 Å². The second-order valence-corrected chi connectivity index (χ2v) is 5.61. The van der Waals surface area contributed by atoms with Crippen LogP contribution in [0.4, 0.5) is 0 Å². The van der Waals surface area contributed by atoms with E-state index in [9.17, 15) is 0 Å². The second kappa shape index (κ2) is 7.44. The molecule has 1 atom stereocenters. The summed E-state index contributed by atoms with van der Waals surface area (Å²) in [4.78, 5) is 2.28. The molecule has 0 spiro atoms. The minimum atomic E-state index is 0.101. The van der Waals surface area contributed by atoms with Crippen LogP contribution in [0.2, 0.25) is 5.02 Å². The fourth-order valence-corrected chi connectivity index (χ4v) is 2.33. The number of halogens is 1. The van der Waals surface area contributed by atoms with E-state index in [2.05, 4.69) is 36.2 Å². The van der Waals surface area contributed by atoms with E-state index in [1.165, 1.54) is 11.1 Å². The first-order valence-electron chi connectivity index (χ1n) is 6.88. The van der Waals surface area contributed by atoms with E-state index in [1.54, 1.807) is 0 Å². The van der Waals surface area contributed by atoms with Crippen molar-refractivity contribution in [2.45, 2.75) is 19.0 Å². The van der Waals surface area contributed by atoms with Crippen molar-refractivity contribution in [2.24, 2.45) is 5.73 Å². The van der Waals surface area contributed by atoms with Crippen molar-refractivity contribution in [3.05, 3.63) is 70.7 Å². The van der Waals surface area contributed by atoms with Crippen molar-refractivity contribution in [3.8, 4) is 0 Å². The standard InChI is InChI=1S/C17H21ClN2/c1-20(13-14-7-9-16(18)10-8-14)12-11-17(19)15-5-3-2-4-6-15/h2-10,17H,11-13,19H2,1H3. The number of rotatable bonds is 6. The van der Waals surface area contributed by atoms with E-state index in [1.807, 2.05) is 30.3 Å². The molecule has 1 unspecified atom stereocenters. The molecule has 0 bridgehead atoms. The summed E-state index contributed by atoms with van der Waals surface area (Å²) in [5, 5.41) is 0.780. The normalized spacial score (nSPS) is 12.6. The quantitative estimate of drug-likeness (QED) is 0.874. The molecule has 0 saturated carbocycles. The number of hydrogen-bond acceptors (Lipinski definition) is 2. The smallest absolute Gasteiger partial charge is 0.0406 e. The van der Waals surface area contributed by atoms with Gasteiger partial charge in [0.25, 0.3) is 0 Å². The Labute approximate surface area is 126 Å². The lowest BCUT2D eigenvalue weighted by molar-refractivity contribution is 0.311. The van der Waals surface area contributed by atoms with Gasteiger partial charge in [-0.25, -0.2) is 0 Å². The van der Waals surface area contributed by atoms with Gasteiger partial charge in [0.05, 0.1) is 0 Å². The maximum atomic E-state index is 6.21. The van der Waals surface area contributed by atoms with Gasteiger partial charge in [-0.05, 0) is 43.3 Å². The van der Waals surface area contributed by atoms with Gasteiger partial charge in [-0.15, -0.1) is 0 Å². The molecule has 2 aromatic carbocycles. The van der Waals surface area contributed by atoms with Crippen molar-refractivity contribution < 1.29 is 0 Å². The Kier molecular flexibility index (Phi) is 5.60. The first-order valence-corrected chi connectivity index (χ1v) is 7.26. The molecular formula is C17H21ClN2. The van der Waals surface area contributed by atoms with Crippen LogP contribution in [0.5, 0.6) is 0 Å². The summed E-state index contributed by atoms with van der Waals surface area (Å²) >= 11 is 5.89. The lowest BCUT2D eigenvalue weighted by atomic mass is 10.0. The van der Waals surface area contributed by atoms with Gasteiger partial charge in [0.1, 0.15) is 0 Å². The largest absolute Gasteiger partial charge is 0.324 e. The first-order chi connectivity index (χ1) is 9.65. The van der Waals surface area contributed by atoms with E-state index >= 15 is 0 Å². The summed E-state index contributed by atoms with van der Waals surface area (Å²) in [6, 6.07) is 18.4. The maximum absolute atomic E-state index is 6.21. The van der Waals surface area contributed by atoms with Crippen LogP contribution in [-0.4, -0.2) is 18.5 Å². The lowest BCUT2D eigenvalue weighted by Crippen LogP contribution is -2.23. The highest BCUT2D eigenvalue weighted by Gasteiger charge is 2.07. The molecule has 2 rings (SSSR count). The van der Waals surface area contributed by atoms with E-state index in [-0.39, 0.29) is 6.04 Å². The lowest BCUT2D eigenvalue weighted by Gasteiger charge is -2.19. The molecule has 0 amide bonds. The molecule has 0 radical (unpaired) electrons. The summed E-state index contributed by atoms with van der Waals surface area (Å²) in [6.45, 7) is 1.89. The molecule has 20 heavy (non-hydrogen) atoms. The minimum absolute atomic E-state index is 0.101. The Balaban J connectivity index is 1.80. The predicted molar refractivity (Wildman–Crippen MR) is 85.8 cm³/mol. The molecule has 0 heterocycles. The SMILES string of the molecule is CN(CCC(N)c1ccccc1)Cc1ccc(Cl)cc1. The van der Waals surface area contributed by atoms with Crippen molar-refractivity contribution in [2.75, 3.05) is 13.6 Å². The van der Waals surface area contributed by atoms with E-state index in [0.717, 1.165) is 24.5 Å². The predicted octanol–water partition coefficient (Wildman–Crippen LogP) is 3.86. The molecule has 106 valence electrons. The monoisotopic (exact) mass is 288 g/mol. The molecule has 0 aliphatic rings. The van der Waals surface area contributed by atoms with E-state index in [4.69, 9.17) is 17.3 Å². The van der Waals surface area contributed by atoms with Gasteiger partial charge in [-0.1, -0.05) is 54.1 Å². The summed E-state index contributed by atoms with van der Waals surface area (Å²) in [5.74, 6) is 0. The van der Waals surface area contributed by atoms with Crippen LogP contribution >= 0.6 is 11.6 Å². The second-order valence-electron chi connectivity index (χ2n) is 5.17. The van der Waals surface area contributed by atoms with Crippen LogP contribution in [0.1, 0.15) is 23.6 Å². The molecule has 2 N–H and O–H groups in total. The van der Waals surface area contributed by atoms with Gasteiger partial charge in [0.15, 0.2) is 0 Å². The highest BCUT2D eigenvalue weighted by molar-refractivity contribution is 6.30. The van der Waals surface area contributed by atoms with Crippen LogP contribution in [0.3, 0.4) is 0 Å². The number of nitrogens with two attached hydrogens (primary N) is 1. The summed E-state index contributed by atoms with van der Waals surface area (Å²) in [5.41, 5.74) is 8.68. The summed E-state index contributed by atoms with van der Waals surface area (Å²) in [7, 11) is 2.12. The minimum Gasteiger partial charge on any atom is -0.324 e. The summed E-state index contributed by atoms with van der Waals surface area (Å²) in [6.07, 6.45) is 0.952. The molecule has 2 aromatic rings. The average Bonchev–Trinajstić information content (AvgIpc) is 2.48. The fraction of sp³-hybridized carbons (Fsp3) is 0.294. The molecule has 2 nitrogen and oxygen atoms in total. The number of nitrogens with zero attached hydrogens (tertiary/aromatic N) is 1. The molecule has 0 fully saturated rings. The maximum Gasteiger partial charge on any atom is 0.0406 e. The van der Waals surface area contributed by atoms with E-state index < -0.39 is 0 Å².